The van der Waals surface area contributed by atoms with E-state index >= 15 is 0 Å². The highest BCUT2D eigenvalue weighted by atomic mass is 32.2. The third kappa shape index (κ3) is 6.69. The summed E-state index contributed by atoms with van der Waals surface area (Å²) in [6.07, 6.45) is -1.64. The van der Waals surface area contributed by atoms with Crippen LogP contribution in [0.25, 0.3) is 11.3 Å². The Hall–Kier alpha value is -3.20. The molecule has 0 bridgehead atoms. The van der Waals surface area contributed by atoms with Crippen molar-refractivity contribution in [3.63, 3.8) is 0 Å². The number of nitrogens with one attached hydrogen (secondary N) is 1. The van der Waals surface area contributed by atoms with Crippen molar-refractivity contribution in [3.05, 3.63) is 58.9 Å². The maximum atomic E-state index is 13.2. The number of β-amino-alcohol motifs (C(OH)–C–C–N with tert-alkyl or cyclic N) is 1. The molecule has 1 aromatic carbocycles. The summed E-state index contributed by atoms with van der Waals surface area (Å²) >= 11 is 0. The van der Waals surface area contributed by atoms with E-state index in [0.29, 0.717) is 41.6 Å². The van der Waals surface area contributed by atoms with E-state index in [1.54, 1.807) is 4.68 Å². The van der Waals surface area contributed by atoms with Crippen LogP contribution in [-0.4, -0.2) is 96.7 Å². The molecule has 0 radical (unpaired) electrons. The number of aliphatic hydroxyl groups excluding tert-OH is 1. The standard InChI is InChI=1S/C31H40F3N7O3S/c1-38(2)28-9-8-26-30(36-28)24(16-35-26)20-10-13-39(14-11-20)17-23(42)18-41-27-12-15-40(45(3,43)44)19-25(27)29(37-41)21-4-6-22(7-5-21)31(32,33)34/h4-9,20,23-24,35,42H,10-19H2,1-3H3. The van der Waals surface area contributed by atoms with E-state index < -0.39 is 27.9 Å². The number of alkyl halides is 3. The van der Waals surface area contributed by atoms with E-state index in [2.05, 4.69) is 16.3 Å². The summed E-state index contributed by atoms with van der Waals surface area (Å²) in [5, 5.41) is 19.4. The van der Waals surface area contributed by atoms with Crippen molar-refractivity contribution in [1.82, 2.24) is 24.0 Å². The number of piperidine rings is 1. The lowest BCUT2D eigenvalue weighted by atomic mass is 9.83. The molecule has 5 heterocycles. The minimum Gasteiger partial charge on any atom is -0.390 e. The number of anilines is 2. The summed E-state index contributed by atoms with van der Waals surface area (Å²) < 4.78 is 67.3. The van der Waals surface area contributed by atoms with Crippen molar-refractivity contribution in [2.45, 2.75) is 50.6 Å². The number of pyridine rings is 1. The lowest BCUT2D eigenvalue weighted by Gasteiger charge is -2.35. The zero-order valence-electron chi connectivity index (χ0n) is 25.8. The number of aliphatic hydroxyl groups is 1. The first-order valence-corrected chi connectivity index (χ1v) is 17.2. The molecule has 10 nitrogen and oxygen atoms in total. The molecule has 3 aliphatic heterocycles. The Morgan fingerprint density at radius 2 is 1.78 bits per heavy atom. The van der Waals surface area contributed by atoms with Crippen LogP contribution < -0.4 is 10.2 Å². The molecule has 0 saturated carbocycles. The van der Waals surface area contributed by atoms with Crippen molar-refractivity contribution in [2.75, 3.05) is 63.3 Å². The van der Waals surface area contributed by atoms with Gasteiger partial charge in [0.15, 0.2) is 0 Å². The van der Waals surface area contributed by atoms with Gasteiger partial charge in [0.1, 0.15) is 5.82 Å². The quantitative estimate of drug-likeness (QED) is 0.382. The minimum atomic E-state index is -4.46. The van der Waals surface area contributed by atoms with Gasteiger partial charge >= 0.3 is 6.18 Å². The summed E-state index contributed by atoms with van der Waals surface area (Å²) in [5.41, 5.74) is 3.87. The Bertz CT molecular complexity index is 1630. The zero-order chi connectivity index (χ0) is 32.1. The first-order valence-electron chi connectivity index (χ1n) is 15.3. The number of benzene rings is 1. The summed E-state index contributed by atoms with van der Waals surface area (Å²) in [6.45, 7) is 3.63. The first-order chi connectivity index (χ1) is 21.3. The average Bonchev–Trinajstić information content (AvgIpc) is 3.57. The van der Waals surface area contributed by atoms with Gasteiger partial charge < -0.3 is 20.2 Å². The average molecular weight is 648 g/mol. The number of rotatable bonds is 8. The number of hydrogen-bond donors (Lipinski definition) is 2. The molecular weight excluding hydrogens is 607 g/mol. The van der Waals surface area contributed by atoms with Gasteiger partial charge in [0.2, 0.25) is 10.0 Å². The maximum Gasteiger partial charge on any atom is 0.416 e. The number of halogens is 3. The first kappa shape index (κ1) is 31.8. The molecule has 1 fully saturated rings. The lowest BCUT2D eigenvalue weighted by molar-refractivity contribution is -0.137. The molecule has 244 valence electrons. The minimum absolute atomic E-state index is 0.0815. The molecule has 45 heavy (non-hydrogen) atoms. The van der Waals surface area contributed by atoms with Crippen molar-refractivity contribution >= 4 is 21.5 Å². The highest BCUT2D eigenvalue weighted by Gasteiger charge is 2.35. The molecule has 3 aromatic rings. The molecular formula is C31H40F3N7O3S. The number of sulfonamides is 1. The van der Waals surface area contributed by atoms with E-state index in [-0.39, 0.29) is 19.6 Å². The Morgan fingerprint density at radius 3 is 2.42 bits per heavy atom. The third-order valence-corrected chi connectivity index (χ3v) is 10.6. The maximum absolute atomic E-state index is 13.2. The van der Waals surface area contributed by atoms with Gasteiger partial charge in [0.05, 0.1) is 41.5 Å². The van der Waals surface area contributed by atoms with Crippen LogP contribution in [-0.2, 0) is 35.7 Å². The van der Waals surface area contributed by atoms with Crippen LogP contribution in [0.2, 0.25) is 0 Å². The van der Waals surface area contributed by atoms with E-state index in [9.17, 15) is 26.7 Å². The second kappa shape index (κ2) is 12.2. The smallest absolute Gasteiger partial charge is 0.390 e. The summed E-state index contributed by atoms with van der Waals surface area (Å²) in [5.74, 6) is 1.81. The van der Waals surface area contributed by atoms with Crippen molar-refractivity contribution in [2.24, 2.45) is 5.92 Å². The fourth-order valence-corrected chi connectivity index (χ4v) is 7.68. The summed E-state index contributed by atoms with van der Waals surface area (Å²) in [6, 6.07) is 8.89. The number of hydrogen-bond acceptors (Lipinski definition) is 8. The van der Waals surface area contributed by atoms with Gasteiger partial charge in [-0.3, -0.25) is 4.68 Å². The summed E-state index contributed by atoms with van der Waals surface area (Å²) in [4.78, 5) is 9.22. The predicted octanol–water partition coefficient (Wildman–Crippen LogP) is 3.63. The van der Waals surface area contributed by atoms with E-state index in [0.717, 1.165) is 73.8 Å². The van der Waals surface area contributed by atoms with Crippen LogP contribution >= 0.6 is 0 Å². The highest BCUT2D eigenvalue weighted by molar-refractivity contribution is 7.88. The lowest BCUT2D eigenvalue weighted by Crippen LogP contribution is -2.41. The van der Waals surface area contributed by atoms with Gasteiger partial charge in [-0.15, -0.1) is 0 Å². The van der Waals surface area contributed by atoms with Crippen LogP contribution in [0.3, 0.4) is 0 Å². The monoisotopic (exact) mass is 647 g/mol. The number of aromatic nitrogens is 3. The SMILES string of the molecule is CN(C)c1ccc2c(n1)C(C1CCN(CC(O)Cn3nc(-c4ccc(C(F)(F)F)cc4)c4c3CCN(S(C)(=O)=O)C4)CC1)CN2. The Balaban J connectivity index is 1.13. The van der Waals surface area contributed by atoms with Gasteiger partial charge in [0.25, 0.3) is 0 Å². The number of nitrogens with zero attached hydrogens (tertiary/aromatic N) is 6. The molecule has 14 heteroatoms. The van der Waals surface area contributed by atoms with E-state index in [4.69, 9.17) is 10.1 Å². The van der Waals surface area contributed by atoms with Crippen molar-refractivity contribution in [3.8, 4) is 11.3 Å². The molecule has 1 saturated heterocycles. The van der Waals surface area contributed by atoms with Gasteiger partial charge in [-0.2, -0.15) is 22.6 Å². The molecule has 2 atom stereocenters. The molecule has 3 aliphatic rings. The van der Waals surface area contributed by atoms with Crippen LogP contribution in [0, 0.1) is 5.92 Å². The van der Waals surface area contributed by atoms with Crippen molar-refractivity contribution < 1.29 is 26.7 Å². The molecule has 2 N–H and O–H groups in total. The third-order valence-electron chi connectivity index (χ3n) is 9.34. The zero-order valence-corrected chi connectivity index (χ0v) is 26.6. The van der Waals surface area contributed by atoms with Gasteiger partial charge in [0, 0.05) is 69.4 Å². The van der Waals surface area contributed by atoms with Crippen LogP contribution in [0.5, 0.6) is 0 Å². The molecule has 2 aromatic heterocycles. The van der Waals surface area contributed by atoms with Crippen LogP contribution in [0.15, 0.2) is 36.4 Å². The van der Waals surface area contributed by atoms with Crippen molar-refractivity contribution in [1.29, 1.82) is 0 Å². The van der Waals surface area contributed by atoms with Crippen LogP contribution in [0.4, 0.5) is 24.7 Å². The Labute approximate surface area is 261 Å². The van der Waals surface area contributed by atoms with Crippen LogP contribution in [0.1, 0.15) is 41.3 Å². The normalized spacial score (nSPS) is 20.5. The van der Waals surface area contributed by atoms with Gasteiger partial charge in [-0.1, -0.05) is 12.1 Å². The molecule has 6 rings (SSSR count). The number of fused-ring (bicyclic) bond motifs is 2. The Morgan fingerprint density at radius 1 is 1.07 bits per heavy atom. The second-order valence-corrected chi connectivity index (χ2v) is 14.6. The fraction of sp³-hybridized carbons (Fsp3) is 0.548. The molecule has 0 spiro atoms. The molecule has 0 amide bonds. The van der Waals surface area contributed by atoms with Gasteiger partial charge in [-0.05, 0) is 56.1 Å². The van der Waals surface area contributed by atoms with E-state index in [1.807, 2.05) is 25.1 Å². The Kier molecular flexibility index (Phi) is 8.61. The highest BCUT2D eigenvalue weighted by Crippen LogP contribution is 2.40. The van der Waals surface area contributed by atoms with E-state index in [1.165, 1.54) is 16.4 Å². The predicted molar refractivity (Wildman–Crippen MR) is 167 cm³/mol. The summed E-state index contributed by atoms with van der Waals surface area (Å²) in [7, 11) is 0.511. The topological polar surface area (TPSA) is 107 Å². The fourth-order valence-electron chi connectivity index (χ4n) is 6.89. The molecule has 0 aliphatic carbocycles. The molecule has 2 unspecified atom stereocenters. The van der Waals surface area contributed by atoms with Gasteiger partial charge in [-0.25, -0.2) is 13.4 Å². The number of likely N-dealkylation sites (tertiary alicyclic amines) is 1. The largest absolute Gasteiger partial charge is 0.416 e. The second-order valence-electron chi connectivity index (χ2n) is 12.7.